The molecule has 1 aliphatic heterocycles. The van der Waals surface area contributed by atoms with Crippen LogP contribution in [0.15, 0.2) is 53.4 Å². The SMILES string of the molecule is O=C(Nc1cccc(S(=O)(=O)NC2CC2)c1)C1CCN(C(=O)c2ccc(C(F)(F)F)cc2)CC1. The van der Waals surface area contributed by atoms with Crippen molar-refractivity contribution in [3.63, 3.8) is 0 Å². The van der Waals surface area contributed by atoms with Crippen molar-refractivity contribution in [1.82, 2.24) is 9.62 Å². The number of likely N-dealkylation sites (tertiary alicyclic amines) is 1. The van der Waals surface area contributed by atoms with Gasteiger partial charge in [0.15, 0.2) is 0 Å². The summed E-state index contributed by atoms with van der Waals surface area (Å²) in [6, 6.07) is 10.1. The first-order valence-corrected chi connectivity index (χ1v) is 12.4. The van der Waals surface area contributed by atoms with Crippen LogP contribution in [0, 0.1) is 5.92 Å². The van der Waals surface area contributed by atoms with Crippen LogP contribution in [0.25, 0.3) is 0 Å². The zero-order valence-corrected chi connectivity index (χ0v) is 19.0. The van der Waals surface area contributed by atoms with Crippen LogP contribution in [-0.4, -0.2) is 44.3 Å². The second-order valence-electron chi connectivity index (χ2n) is 8.55. The minimum Gasteiger partial charge on any atom is -0.339 e. The standard InChI is InChI=1S/C23H24F3N3O4S/c24-23(25,26)17-6-4-16(5-7-17)22(31)29-12-10-15(11-13-29)21(30)27-19-2-1-3-20(14-19)34(32,33)28-18-8-9-18/h1-7,14-15,18,28H,8-13H2,(H,27,30). The number of nitrogens with zero attached hydrogens (tertiary/aromatic N) is 1. The lowest BCUT2D eigenvalue weighted by Crippen LogP contribution is -2.41. The van der Waals surface area contributed by atoms with Gasteiger partial charge in [-0.1, -0.05) is 6.07 Å². The molecule has 7 nitrogen and oxygen atoms in total. The van der Waals surface area contributed by atoms with E-state index in [9.17, 15) is 31.2 Å². The van der Waals surface area contributed by atoms with Crippen molar-refractivity contribution < 1.29 is 31.2 Å². The molecule has 1 aliphatic carbocycles. The summed E-state index contributed by atoms with van der Waals surface area (Å²) in [5, 5.41) is 2.75. The molecule has 2 amide bonds. The number of hydrogen-bond acceptors (Lipinski definition) is 4. The summed E-state index contributed by atoms with van der Waals surface area (Å²) < 4.78 is 65.5. The van der Waals surface area contributed by atoms with Crippen LogP contribution < -0.4 is 10.0 Å². The summed E-state index contributed by atoms with van der Waals surface area (Å²) >= 11 is 0. The Morgan fingerprint density at radius 2 is 1.59 bits per heavy atom. The number of sulfonamides is 1. The summed E-state index contributed by atoms with van der Waals surface area (Å²) in [5.74, 6) is -1.03. The van der Waals surface area contributed by atoms with Crippen molar-refractivity contribution in [2.24, 2.45) is 5.92 Å². The molecular weight excluding hydrogens is 471 g/mol. The summed E-state index contributed by atoms with van der Waals surface area (Å²) in [7, 11) is -3.64. The van der Waals surface area contributed by atoms with Crippen LogP contribution >= 0.6 is 0 Å². The van der Waals surface area contributed by atoms with Crippen LogP contribution in [0.1, 0.15) is 41.6 Å². The molecule has 1 heterocycles. The number of benzene rings is 2. The predicted octanol–water partition coefficient (Wildman–Crippen LogP) is 3.64. The van der Waals surface area contributed by atoms with E-state index in [0.717, 1.165) is 37.1 Å². The van der Waals surface area contributed by atoms with E-state index in [1.807, 2.05) is 0 Å². The molecule has 2 aromatic rings. The molecule has 0 spiro atoms. The van der Waals surface area contributed by atoms with Crippen LogP contribution in [-0.2, 0) is 21.0 Å². The van der Waals surface area contributed by atoms with Gasteiger partial charge in [0.25, 0.3) is 5.91 Å². The molecule has 1 saturated heterocycles. The Balaban J connectivity index is 1.32. The number of carbonyl (C=O) groups excluding carboxylic acids is 2. The number of rotatable bonds is 6. The smallest absolute Gasteiger partial charge is 0.339 e. The van der Waals surface area contributed by atoms with Crippen molar-refractivity contribution in [3.8, 4) is 0 Å². The van der Waals surface area contributed by atoms with Crippen LogP contribution in [0.4, 0.5) is 18.9 Å². The van der Waals surface area contributed by atoms with Crippen molar-refractivity contribution in [2.45, 2.75) is 42.8 Å². The highest BCUT2D eigenvalue weighted by Gasteiger charge is 2.32. The molecule has 2 aliphatic rings. The second-order valence-corrected chi connectivity index (χ2v) is 10.3. The van der Waals surface area contributed by atoms with E-state index >= 15 is 0 Å². The molecule has 4 rings (SSSR count). The van der Waals surface area contributed by atoms with Gasteiger partial charge in [-0.3, -0.25) is 9.59 Å². The summed E-state index contributed by atoms with van der Waals surface area (Å²) in [6.07, 6.45) is -2.06. The average Bonchev–Trinajstić information content (AvgIpc) is 3.62. The molecule has 1 saturated carbocycles. The van der Waals surface area contributed by atoms with E-state index < -0.39 is 21.8 Å². The third-order valence-electron chi connectivity index (χ3n) is 5.92. The monoisotopic (exact) mass is 495 g/mol. The Morgan fingerprint density at radius 1 is 0.941 bits per heavy atom. The fourth-order valence-corrected chi connectivity index (χ4v) is 5.15. The minimum atomic E-state index is -4.47. The summed E-state index contributed by atoms with van der Waals surface area (Å²) in [6.45, 7) is 0.579. The van der Waals surface area contributed by atoms with Crippen LogP contribution in [0.5, 0.6) is 0 Å². The Bertz CT molecular complexity index is 1170. The molecule has 34 heavy (non-hydrogen) atoms. The molecule has 0 atom stereocenters. The molecule has 2 N–H and O–H groups in total. The summed E-state index contributed by atoms with van der Waals surface area (Å²) in [4.78, 5) is 26.9. The molecule has 182 valence electrons. The van der Waals surface area contributed by atoms with Crippen LogP contribution in [0.3, 0.4) is 0 Å². The van der Waals surface area contributed by atoms with Gasteiger partial charge in [-0.15, -0.1) is 0 Å². The van der Waals surface area contributed by atoms with Gasteiger partial charge in [0, 0.05) is 36.3 Å². The summed E-state index contributed by atoms with van der Waals surface area (Å²) in [5.41, 5.74) is -0.291. The third kappa shape index (κ3) is 5.76. The topological polar surface area (TPSA) is 95.6 Å². The fourth-order valence-electron chi connectivity index (χ4n) is 3.80. The lowest BCUT2D eigenvalue weighted by atomic mass is 9.95. The Labute approximate surface area is 195 Å². The Hall–Kier alpha value is -2.92. The highest BCUT2D eigenvalue weighted by atomic mass is 32.2. The number of amides is 2. The maximum Gasteiger partial charge on any atom is 0.416 e. The number of alkyl halides is 3. The first-order valence-electron chi connectivity index (χ1n) is 10.9. The molecule has 0 aromatic heterocycles. The van der Waals surface area contributed by atoms with Gasteiger partial charge in [0.05, 0.1) is 10.5 Å². The fraction of sp³-hybridized carbons (Fsp3) is 0.391. The molecule has 11 heteroatoms. The van der Waals surface area contributed by atoms with Gasteiger partial charge in [-0.2, -0.15) is 13.2 Å². The van der Waals surface area contributed by atoms with Gasteiger partial charge < -0.3 is 10.2 Å². The zero-order chi connectivity index (χ0) is 24.5. The normalized spacial score (nSPS) is 17.4. The first kappa shape index (κ1) is 24.2. The van der Waals surface area contributed by atoms with E-state index in [1.54, 1.807) is 12.1 Å². The van der Waals surface area contributed by atoms with Gasteiger partial charge >= 0.3 is 6.18 Å². The number of hydrogen-bond donors (Lipinski definition) is 2. The maximum absolute atomic E-state index is 12.7. The zero-order valence-electron chi connectivity index (χ0n) is 18.1. The minimum absolute atomic E-state index is 0.0290. The number of carbonyl (C=O) groups is 2. The Morgan fingerprint density at radius 3 is 2.18 bits per heavy atom. The van der Waals surface area contributed by atoms with Crippen molar-refractivity contribution in [1.29, 1.82) is 0 Å². The quantitative estimate of drug-likeness (QED) is 0.640. The lowest BCUT2D eigenvalue weighted by Gasteiger charge is -2.31. The molecule has 0 radical (unpaired) electrons. The van der Waals surface area contributed by atoms with Gasteiger partial charge in [-0.25, -0.2) is 13.1 Å². The molecule has 0 bridgehead atoms. The van der Waals surface area contributed by atoms with Crippen LogP contribution in [0.2, 0.25) is 0 Å². The van der Waals surface area contributed by atoms with E-state index in [-0.39, 0.29) is 47.3 Å². The number of halogens is 3. The molecule has 2 fully saturated rings. The second kappa shape index (κ2) is 9.38. The number of piperidine rings is 1. The van der Waals surface area contributed by atoms with Crippen molar-refractivity contribution in [3.05, 3.63) is 59.7 Å². The highest BCUT2D eigenvalue weighted by Crippen LogP contribution is 2.30. The average molecular weight is 496 g/mol. The van der Waals surface area contributed by atoms with Crippen molar-refractivity contribution >= 4 is 27.5 Å². The lowest BCUT2D eigenvalue weighted by molar-refractivity contribution is -0.137. The highest BCUT2D eigenvalue weighted by molar-refractivity contribution is 7.89. The van der Waals surface area contributed by atoms with Gasteiger partial charge in [0.1, 0.15) is 0 Å². The molecule has 2 aromatic carbocycles. The van der Waals surface area contributed by atoms with Gasteiger partial charge in [0.2, 0.25) is 15.9 Å². The van der Waals surface area contributed by atoms with E-state index in [4.69, 9.17) is 0 Å². The molecule has 0 unspecified atom stereocenters. The van der Waals surface area contributed by atoms with E-state index in [1.165, 1.54) is 17.0 Å². The van der Waals surface area contributed by atoms with E-state index in [2.05, 4.69) is 10.0 Å². The largest absolute Gasteiger partial charge is 0.416 e. The predicted molar refractivity (Wildman–Crippen MR) is 118 cm³/mol. The first-order chi connectivity index (χ1) is 16.0. The van der Waals surface area contributed by atoms with E-state index in [0.29, 0.717) is 18.5 Å². The number of nitrogens with one attached hydrogen (secondary N) is 2. The maximum atomic E-state index is 12.7. The number of anilines is 1. The Kier molecular flexibility index (Phi) is 6.68. The third-order valence-corrected chi connectivity index (χ3v) is 7.44. The molecular formula is C23H24F3N3O4S. The van der Waals surface area contributed by atoms with Crippen molar-refractivity contribution in [2.75, 3.05) is 18.4 Å². The van der Waals surface area contributed by atoms with Gasteiger partial charge in [-0.05, 0) is 68.1 Å².